The Kier molecular flexibility index (Phi) is 4.34. The van der Waals surface area contributed by atoms with Crippen LogP contribution in [-0.4, -0.2) is 22.8 Å². The van der Waals surface area contributed by atoms with Gasteiger partial charge >= 0.3 is 0 Å². The molecular weight excluding hydrogens is 339 g/mol. The molecule has 1 aromatic carbocycles. The van der Waals surface area contributed by atoms with Crippen LogP contribution in [0.1, 0.15) is 15.2 Å². The van der Waals surface area contributed by atoms with Gasteiger partial charge in [-0.05, 0) is 30.3 Å². The highest BCUT2D eigenvalue weighted by Crippen LogP contribution is 2.25. The minimum absolute atomic E-state index is 0.115. The molecule has 22 heavy (non-hydrogen) atoms. The Morgan fingerprint density at radius 2 is 2.09 bits per heavy atom. The zero-order valence-corrected chi connectivity index (χ0v) is 14.0. The van der Waals surface area contributed by atoms with E-state index in [1.54, 1.807) is 30.3 Å². The third kappa shape index (κ3) is 3.09. The van der Waals surface area contributed by atoms with Crippen molar-refractivity contribution in [3.8, 4) is 0 Å². The Labute approximate surface area is 142 Å². The molecule has 0 saturated heterocycles. The maximum absolute atomic E-state index is 12.7. The first-order chi connectivity index (χ1) is 10.5. The summed E-state index contributed by atoms with van der Waals surface area (Å²) in [6, 6.07) is 10.9. The number of rotatable bonds is 3. The van der Waals surface area contributed by atoms with Crippen molar-refractivity contribution in [2.45, 2.75) is 6.54 Å². The van der Waals surface area contributed by atoms with E-state index >= 15 is 0 Å². The molecule has 2 aromatic heterocycles. The topological polar surface area (TPSA) is 33.2 Å². The molecule has 0 aliphatic rings. The lowest BCUT2D eigenvalue weighted by Crippen LogP contribution is -2.26. The molecule has 0 unspecified atom stereocenters. The van der Waals surface area contributed by atoms with Gasteiger partial charge in [0.15, 0.2) is 0 Å². The van der Waals surface area contributed by atoms with E-state index in [9.17, 15) is 4.79 Å². The van der Waals surface area contributed by atoms with E-state index in [-0.39, 0.29) is 5.91 Å². The van der Waals surface area contributed by atoms with Gasteiger partial charge in [-0.25, -0.2) is 0 Å². The second kappa shape index (κ2) is 6.24. The number of fused-ring (bicyclic) bond motifs is 1. The number of carbonyl (C=O) groups is 1. The molecule has 2 heterocycles. The number of hydrogen-bond acceptors (Lipinski definition) is 3. The highest BCUT2D eigenvalue weighted by molar-refractivity contribution is 7.16. The molecule has 3 rings (SSSR count). The van der Waals surface area contributed by atoms with Gasteiger partial charge in [0.25, 0.3) is 5.91 Å². The van der Waals surface area contributed by atoms with Crippen molar-refractivity contribution in [1.82, 2.24) is 9.88 Å². The normalized spacial score (nSPS) is 10.9. The predicted molar refractivity (Wildman–Crippen MR) is 91.9 cm³/mol. The monoisotopic (exact) mass is 350 g/mol. The van der Waals surface area contributed by atoms with Gasteiger partial charge in [-0.15, -0.1) is 11.3 Å². The minimum atomic E-state index is -0.115. The van der Waals surface area contributed by atoms with E-state index in [0.717, 1.165) is 10.3 Å². The molecule has 0 saturated carbocycles. The van der Waals surface area contributed by atoms with Crippen LogP contribution in [0.4, 0.5) is 0 Å². The third-order valence-electron chi connectivity index (χ3n) is 3.27. The van der Waals surface area contributed by atoms with Crippen molar-refractivity contribution in [2.24, 2.45) is 0 Å². The number of carbonyl (C=O) groups excluding carboxylic acids is 1. The largest absolute Gasteiger partial charge is 0.336 e. The van der Waals surface area contributed by atoms with Gasteiger partial charge in [0.1, 0.15) is 0 Å². The summed E-state index contributed by atoms with van der Waals surface area (Å²) in [5.41, 5.74) is 1.17. The van der Waals surface area contributed by atoms with Crippen LogP contribution in [0.15, 0.2) is 42.6 Å². The molecular formula is C16H12Cl2N2OS. The zero-order valence-electron chi connectivity index (χ0n) is 11.7. The average molecular weight is 351 g/mol. The standard InChI is InChI=1S/C16H12Cl2N2OS/c1-20(9-12-4-5-14(18)22-12)16(21)13-8-11(17)7-10-3-2-6-19-15(10)13/h2-8H,9H2,1H3. The molecule has 0 spiro atoms. The minimum Gasteiger partial charge on any atom is -0.336 e. The summed E-state index contributed by atoms with van der Waals surface area (Å²) in [4.78, 5) is 19.7. The molecule has 0 radical (unpaired) electrons. The Hall–Kier alpha value is -1.62. The van der Waals surface area contributed by atoms with Crippen molar-refractivity contribution in [1.29, 1.82) is 0 Å². The van der Waals surface area contributed by atoms with E-state index < -0.39 is 0 Å². The van der Waals surface area contributed by atoms with Gasteiger partial charge in [0.05, 0.1) is 22.0 Å². The van der Waals surface area contributed by atoms with E-state index in [0.29, 0.717) is 27.0 Å². The fraction of sp³-hybridized carbons (Fsp3) is 0.125. The maximum atomic E-state index is 12.7. The van der Waals surface area contributed by atoms with E-state index in [1.165, 1.54) is 11.3 Å². The highest BCUT2D eigenvalue weighted by atomic mass is 35.5. The Bertz CT molecular complexity index is 847. The van der Waals surface area contributed by atoms with Crippen molar-refractivity contribution in [3.05, 3.63) is 62.4 Å². The lowest BCUT2D eigenvalue weighted by atomic mass is 10.1. The number of pyridine rings is 1. The van der Waals surface area contributed by atoms with Gasteiger partial charge in [0.2, 0.25) is 0 Å². The third-order valence-corrected chi connectivity index (χ3v) is 4.70. The number of amides is 1. The number of halogens is 2. The van der Waals surface area contributed by atoms with Crippen LogP contribution in [0, 0.1) is 0 Å². The summed E-state index contributed by atoms with van der Waals surface area (Å²) in [6.45, 7) is 0.497. The summed E-state index contributed by atoms with van der Waals surface area (Å²) in [7, 11) is 1.76. The number of hydrogen-bond donors (Lipinski definition) is 0. The van der Waals surface area contributed by atoms with Crippen LogP contribution in [0.2, 0.25) is 9.36 Å². The maximum Gasteiger partial charge on any atom is 0.256 e. The van der Waals surface area contributed by atoms with Crippen LogP contribution in [0.25, 0.3) is 10.9 Å². The molecule has 0 atom stereocenters. The van der Waals surface area contributed by atoms with Gasteiger partial charge < -0.3 is 4.90 Å². The second-order valence-electron chi connectivity index (χ2n) is 4.90. The van der Waals surface area contributed by atoms with Gasteiger partial charge in [-0.3, -0.25) is 9.78 Å². The van der Waals surface area contributed by atoms with Crippen molar-refractivity contribution in [2.75, 3.05) is 7.05 Å². The molecule has 0 aliphatic heterocycles. The molecule has 0 aliphatic carbocycles. The Morgan fingerprint density at radius 1 is 1.27 bits per heavy atom. The SMILES string of the molecule is CN(Cc1ccc(Cl)s1)C(=O)c1cc(Cl)cc2cccnc12. The second-order valence-corrected chi connectivity index (χ2v) is 7.13. The Balaban J connectivity index is 1.94. The summed E-state index contributed by atoms with van der Waals surface area (Å²) in [6.07, 6.45) is 1.67. The molecule has 0 fully saturated rings. The molecule has 1 amide bonds. The lowest BCUT2D eigenvalue weighted by Gasteiger charge is -2.17. The van der Waals surface area contributed by atoms with Gasteiger partial charge in [-0.1, -0.05) is 29.3 Å². The molecule has 3 nitrogen and oxygen atoms in total. The van der Waals surface area contributed by atoms with Gasteiger partial charge in [0, 0.05) is 28.5 Å². The number of benzene rings is 1. The summed E-state index contributed by atoms with van der Waals surface area (Å²) < 4.78 is 0.714. The summed E-state index contributed by atoms with van der Waals surface area (Å²) >= 11 is 13.5. The number of thiophene rings is 1. The number of nitrogens with zero attached hydrogens (tertiary/aromatic N) is 2. The number of aromatic nitrogens is 1. The molecule has 6 heteroatoms. The van der Waals surface area contributed by atoms with Crippen LogP contribution in [0.5, 0.6) is 0 Å². The molecule has 3 aromatic rings. The fourth-order valence-electron chi connectivity index (χ4n) is 2.27. The summed E-state index contributed by atoms with van der Waals surface area (Å²) in [5, 5.41) is 1.38. The Morgan fingerprint density at radius 3 is 2.82 bits per heavy atom. The van der Waals surface area contributed by atoms with Crippen LogP contribution in [0.3, 0.4) is 0 Å². The first-order valence-corrected chi connectivity index (χ1v) is 8.16. The van der Waals surface area contributed by atoms with E-state index in [1.807, 2.05) is 24.3 Å². The van der Waals surface area contributed by atoms with Crippen molar-refractivity contribution >= 4 is 51.3 Å². The molecule has 0 N–H and O–H groups in total. The first kappa shape index (κ1) is 15.3. The van der Waals surface area contributed by atoms with Crippen molar-refractivity contribution in [3.63, 3.8) is 0 Å². The fourth-order valence-corrected chi connectivity index (χ4v) is 3.63. The zero-order chi connectivity index (χ0) is 15.7. The van der Waals surface area contributed by atoms with E-state index in [4.69, 9.17) is 23.2 Å². The lowest BCUT2D eigenvalue weighted by molar-refractivity contribution is 0.0788. The van der Waals surface area contributed by atoms with Crippen LogP contribution < -0.4 is 0 Å². The quantitative estimate of drug-likeness (QED) is 0.674. The van der Waals surface area contributed by atoms with Gasteiger partial charge in [-0.2, -0.15) is 0 Å². The smallest absolute Gasteiger partial charge is 0.256 e. The first-order valence-electron chi connectivity index (χ1n) is 6.58. The molecule has 0 bridgehead atoms. The van der Waals surface area contributed by atoms with Crippen LogP contribution >= 0.6 is 34.5 Å². The average Bonchev–Trinajstić information content (AvgIpc) is 2.90. The van der Waals surface area contributed by atoms with Crippen LogP contribution in [-0.2, 0) is 6.54 Å². The van der Waals surface area contributed by atoms with Crippen molar-refractivity contribution < 1.29 is 4.79 Å². The molecule has 112 valence electrons. The summed E-state index contributed by atoms with van der Waals surface area (Å²) in [5.74, 6) is -0.115. The highest BCUT2D eigenvalue weighted by Gasteiger charge is 2.17. The van der Waals surface area contributed by atoms with E-state index in [2.05, 4.69) is 4.98 Å². The predicted octanol–water partition coefficient (Wildman–Crippen LogP) is 4.88.